The molecular weight excluding hydrogens is 320 g/mol. The zero-order valence-corrected chi connectivity index (χ0v) is 12.5. The van der Waals surface area contributed by atoms with Crippen LogP contribution in [0.2, 0.25) is 5.02 Å². The highest BCUT2D eigenvalue weighted by Crippen LogP contribution is 2.20. The molecule has 0 fully saturated rings. The number of hydrogen-bond acceptors (Lipinski definition) is 2. The minimum atomic E-state index is -0.362. The maximum Gasteiger partial charge on any atom is 0.253 e. The van der Waals surface area contributed by atoms with Crippen molar-refractivity contribution in [1.29, 1.82) is 0 Å². The fourth-order valence-electron chi connectivity index (χ4n) is 1.23. The highest BCUT2D eigenvalue weighted by atomic mass is 79.9. The van der Waals surface area contributed by atoms with Crippen molar-refractivity contribution in [2.24, 2.45) is 0 Å². The van der Waals surface area contributed by atoms with E-state index in [-0.39, 0.29) is 18.4 Å². The molecule has 1 aromatic carbocycles. The van der Waals surface area contributed by atoms with Gasteiger partial charge in [-0.05, 0) is 25.1 Å². The largest absolute Gasteiger partial charge is 0.345 e. The molecule has 98 valence electrons. The number of carbonyl (C=O) groups excluding carboxylic acids is 2. The molecule has 1 rings (SSSR count). The summed E-state index contributed by atoms with van der Waals surface area (Å²) in [5.41, 5.74) is 0.345. The minimum Gasteiger partial charge on any atom is -0.345 e. The Morgan fingerprint density at radius 1 is 1.44 bits per heavy atom. The smallest absolute Gasteiger partial charge is 0.253 e. The Morgan fingerprint density at radius 2 is 2.11 bits per heavy atom. The standard InChI is InChI=1S/C12H14BrClN2O2/c1-3-16(2)11(17)7-15-12(18)9-6-8(13)4-5-10(9)14/h4-6H,3,7H2,1-2H3,(H,15,18). The molecule has 0 saturated heterocycles. The second-order valence-corrected chi connectivity index (χ2v) is 5.04. The van der Waals surface area contributed by atoms with Gasteiger partial charge < -0.3 is 10.2 Å². The number of carbonyl (C=O) groups is 2. The molecular formula is C12H14BrClN2O2. The monoisotopic (exact) mass is 332 g/mol. The van der Waals surface area contributed by atoms with Gasteiger partial charge in [-0.25, -0.2) is 0 Å². The number of nitrogens with zero attached hydrogens (tertiary/aromatic N) is 1. The normalized spacial score (nSPS) is 10.0. The molecule has 0 atom stereocenters. The maximum absolute atomic E-state index is 11.8. The summed E-state index contributed by atoms with van der Waals surface area (Å²) in [6.45, 7) is 2.43. The maximum atomic E-state index is 11.8. The highest BCUT2D eigenvalue weighted by molar-refractivity contribution is 9.10. The second kappa shape index (κ2) is 6.75. The van der Waals surface area contributed by atoms with E-state index in [9.17, 15) is 9.59 Å². The first kappa shape index (κ1) is 15.0. The van der Waals surface area contributed by atoms with Crippen LogP contribution >= 0.6 is 27.5 Å². The molecule has 0 saturated carbocycles. The first-order valence-electron chi connectivity index (χ1n) is 5.43. The minimum absolute atomic E-state index is 0.0357. The SMILES string of the molecule is CCN(C)C(=O)CNC(=O)c1cc(Br)ccc1Cl. The van der Waals surface area contributed by atoms with Gasteiger partial charge in [0.15, 0.2) is 0 Å². The topological polar surface area (TPSA) is 49.4 Å². The predicted octanol–water partition coefficient (Wildman–Crippen LogP) is 2.31. The van der Waals surface area contributed by atoms with E-state index < -0.39 is 0 Å². The van der Waals surface area contributed by atoms with Gasteiger partial charge in [0.2, 0.25) is 5.91 Å². The summed E-state index contributed by atoms with van der Waals surface area (Å²) >= 11 is 9.18. The number of likely N-dealkylation sites (N-methyl/N-ethyl adjacent to an activating group) is 1. The van der Waals surface area contributed by atoms with E-state index in [4.69, 9.17) is 11.6 Å². The van der Waals surface area contributed by atoms with Crippen molar-refractivity contribution in [2.75, 3.05) is 20.1 Å². The van der Waals surface area contributed by atoms with Gasteiger partial charge >= 0.3 is 0 Å². The molecule has 0 aromatic heterocycles. The number of benzene rings is 1. The lowest BCUT2D eigenvalue weighted by molar-refractivity contribution is -0.128. The van der Waals surface area contributed by atoms with Gasteiger partial charge in [0, 0.05) is 18.1 Å². The average Bonchev–Trinajstić information content (AvgIpc) is 2.37. The van der Waals surface area contributed by atoms with Gasteiger partial charge in [0.25, 0.3) is 5.91 Å². The lowest BCUT2D eigenvalue weighted by Gasteiger charge is -2.14. The van der Waals surface area contributed by atoms with Crippen molar-refractivity contribution in [1.82, 2.24) is 10.2 Å². The zero-order chi connectivity index (χ0) is 13.7. The third-order valence-electron chi connectivity index (χ3n) is 2.47. The lowest BCUT2D eigenvalue weighted by Crippen LogP contribution is -2.38. The van der Waals surface area contributed by atoms with E-state index in [0.717, 1.165) is 4.47 Å². The van der Waals surface area contributed by atoms with E-state index in [1.807, 2.05) is 6.92 Å². The van der Waals surface area contributed by atoms with Crippen LogP contribution in [-0.2, 0) is 4.79 Å². The van der Waals surface area contributed by atoms with Gasteiger partial charge in [-0.3, -0.25) is 9.59 Å². The molecule has 0 spiro atoms. The quantitative estimate of drug-likeness (QED) is 0.919. The number of hydrogen-bond donors (Lipinski definition) is 1. The molecule has 0 unspecified atom stereocenters. The summed E-state index contributed by atoms with van der Waals surface area (Å²) in [7, 11) is 1.68. The number of amides is 2. The molecule has 0 aliphatic heterocycles. The summed E-state index contributed by atoms with van der Waals surface area (Å²) in [6, 6.07) is 4.99. The fourth-order valence-corrected chi connectivity index (χ4v) is 1.80. The number of nitrogens with one attached hydrogen (secondary N) is 1. The van der Waals surface area contributed by atoms with Crippen LogP contribution < -0.4 is 5.32 Å². The molecule has 0 bridgehead atoms. The van der Waals surface area contributed by atoms with Crippen molar-refractivity contribution in [3.05, 3.63) is 33.3 Å². The summed E-state index contributed by atoms with van der Waals surface area (Å²) in [6.07, 6.45) is 0. The summed E-state index contributed by atoms with van der Waals surface area (Å²) in [5.74, 6) is -0.504. The third-order valence-corrected chi connectivity index (χ3v) is 3.30. The summed E-state index contributed by atoms with van der Waals surface area (Å²) in [5, 5.41) is 2.90. The Bertz CT molecular complexity index is 465. The Kier molecular flexibility index (Phi) is 5.62. The van der Waals surface area contributed by atoms with E-state index >= 15 is 0 Å². The van der Waals surface area contributed by atoms with Crippen LogP contribution in [0.3, 0.4) is 0 Å². The first-order chi connectivity index (χ1) is 8.45. The van der Waals surface area contributed by atoms with E-state index in [2.05, 4.69) is 21.2 Å². The van der Waals surface area contributed by atoms with Gasteiger partial charge in [0.1, 0.15) is 0 Å². The summed E-state index contributed by atoms with van der Waals surface area (Å²) < 4.78 is 0.758. The van der Waals surface area contributed by atoms with Gasteiger partial charge in [0.05, 0.1) is 17.1 Å². The van der Waals surface area contributed by atoms with Crippen molar-refractivity contribution >= 4 is 39.3 Å². The molecule has 0 aliphatic rings. The van der Waals surface area contributed by atoms with Crippen LogP contribution in [0.1, 0.15) is 17.3 Å². The predicted molar refractivity (Wildman–Crippen MR) is 74.8 cm³/mol. The highest BCUT2D eigenvalue weighted by Gasteiger charge is 2.13. The van der Waals surface area contributed by atoms with Crippen LogP contribution in [0.25, 0.3) is 0 Å². The van der Waals surface area contributed by atoms with Crippen molar-refractivity contribution in [2.45, 2.75) is 6.92 Å². The van der Waals surface area contributed by atoms with E-state index in [0.29, 0.717) is 17.1 Å². The van der Waals surface area contributed by atoms with Gasteiger partial charge in [-0.15, -0.1) is 0 Å². The van der Waals surface area contributed by atoms with Gasteiger partial charge in [-0.1, -0.05) is 27.5 Å². The van der Waals surface area contributed by atoms with Gasteiger partial charge in [-0.2, -0.15) is 0 Å². The van der Waals surface area contributed by atoms with Crippen LogP contribution in [0.4, 0.5) is 0 Å². The number of halogens is 2. The van der Waals surface area contributed by atoms with Crippen LogP contribution in [0, 0.1) is 0 Å². The van der Waals surface area contributed by atoms with Crippen molar-refractivity contribution in [3.63, 3.8) is 0 Å². The van der Waals surface area contributed by atoms with E-state index in [1.165, 1.54) is 4.90 Å². The fraction of sp³-hybridized carbons (Fsp3) is 0.333. The molecule has 4 nitrogen and oxygen atoms in total. The zero-order valence-electron chi connectivity index (χ0n) is 10.2. The van der Waals surface area contributed by atoms with Crippen LogP contribution in [0.5, 0.6) is 0 Å². The molecule has 18 heavy (non-hydrogen) atoms. The van der Waals surface area contributed by atoms with Crippen LogP contribution in [-0.4, -0.2) is 36.9 Å². The first-order valence-corrected chi connectivity index (χ1v) is 6.60. The Hall–Kier alpha value is -1.07. The molecule has 0 radical (unpaired) electrons. The molecule has 0 aliphatic carbocycles. The molecule has 1 aromatic rings. The second-order valence-electron chi connectivity index (χ2n) is 3.71. The van der Waals surface area contributed by atoms with Crippen LogP contribution in [0.15, 0.2) is 22.7 Å². The van der Waals surface area contributed by atoms with Crippen molar-refractivity contribution in [3.8, 4) is 0 Å². The molecule has 1 N–H and O–H groups in total. The summed E-state index contributed by atoms with van der Waals surface area (Å²) in [4.78, 5) is 24.9. The Morgan fingerprint density at radius 3 is 2.72 bits per heavy atom. The molecule has 2 amide bonds. The third kappa shape index (κ3) is 3.99. The Balaban J connectivity index is 2.66. The lowest BCUT2D eigenvalue weighted by atomic mass is 10.2. The molecule has 6 heteroatoms. The van der Waals surface area contributed by atoms with Crippen molar-refractivity contribution < 1.29 is 9.59 Å². The number of rotatable bonds is 4. The Labute approximate surface area is 119 Å². The van der Waals surface area contributed by atoms with E-state index in [1.54, 1.807) is 25.2 Å². The average molecular weight is 334 g/mol. The molecule has 0 heterocycles.